The predicted octanol–water partition coefficient (Wildman–Crippen LogP) is 2.10. The number of nitrogens with zero attached hydrogens (tertiary/aromatic N) is 1. The Morgan fingerprint density at radius 3 is 2.13 bits per heavy atom. The largest absolute Gasteiger partial charge is 0.490 e. The monoisotopic (exact) mass is 433 g/mol. The fourth-order valence-electron chi connectivity index (χ4n) is 2.33. The lowest BCUT2D eigenvalue weighted by Gasteiger charge is -2.11. The number of methoxy groups -OCH3 is 1. The molecule has 11 nitrogen and oxygen atoms in total. The second-order valence-corrected chi connectivity index (χ2v) is 6.34. The van der Waals surface area contributed by atoms with Crippen molar-refractivity contribution in [1.82, 2.24) is 5.32 Å². The van der Waals surface area contributed by atoms with Gasteiger partial charge >= 0.3 is 17.6 Å². The smallest absolute Gasteiger partial charge is 0.414 e. The number of rotatable bonds is 7. The highest BCUT2D eigenvalue weighted by atomic mass is 16.6. The molecule has 1 amide bonds. The number of hydrogen-bond acceptors (Lipinski definition) is 7. The van der Waals surface area contributed by atoms with Gasteiger partial charge in [-0.3, -0.25) is 14.9 Å². The van der Waals surface area contributed by atoms with Crippen LogP contribution in [0.4, 0.5) is 11.4 Å². The Bertz CT molecular complexity index is 946. The van der Waals surface area contributed by atoms with Crippen molar-refractivity contribution >= 4 is 29.2 Å². The molecule has 0 saturated carbocycles. The standard InChI is InChI=1S/C18H21N3O4.C2H2O4/c1-12-4-6-14(7-5-12)10-19-11-18(22)20-15-9-17(25-3)16(21(23)24)8-13(15)2;3-1(4)2(5)6/h4-9,19H,10-11H2,1-3H3,(H,20,22);(H,3,4)(H,5,6). The van der Waals surface area contributed by atoms with E-state index in [4.69, 9.17) is 24.5 Å². The van der Waals surface area contributed by atoms with E-state index in [1.54, 1.807) is 6.92 Å². The van der Waals surface area contributed by atoms with Gasteiger partial charge in [-0.1, -0.05) is 29.8 Å². The summed E-state index contributed by atoms with van der Waals surface area (Å²) in [5.74, 6) is -3.77. The van der Waals surface area contributed by atoms with Crippen LogP contribution >= 0.6 is 0 Å². The topological polar surface area (TPSA) is 168 Å². The minimum Gasteiger partial charge on any atom is -0.490 e. The number of carbonyl (C=O) groups is 3. The van der Waals surface area contributed by atoms with Crippen LogP contribution < -0.4 is 15.4 Å². The number of benzene rings is 2. The SMILES string of the molecule is COc1cc(NC(=O)CNCc2ccc(C)cc2)c(C)cc1[N+](=O)[O-].O=C(O)C(=O)O. The van der Waals surface area contributed by atoms with E-state index < -0.39 is 16.9 Å². The third-order valence-electron chi connectivity index (χ3n) is 3.91. The number of hydrogen-bond donors (Lipinski definition) is 4. The summed E-state index contributed by atoms with van der Waals surface area (Å²) < 4.78 is 5.02. The Labute approximate surface area is 177 Å². The number of ether oxygens (including phenoxy) is 1. The van der Waals surface area contributed by atoms with Crippen LogP contribution in [0, 0.1) is 24.0 Å². The van der Waals surface area contributed by atoms with Crippen LogP contribution in [0.15, 0.2) is 36.4 Å². The highest BCUT2D eigenvalue weighted by Crippen LogP contribution is 2.32. The van der Waals surface area contributed by atoms with E-state index in [-0.39, 0.29) is 23.9 Å². The van der Waals surface area contributed by atoms with E-state index >= 15 is 0 Å². The Balaban J connectivity index is 0.000000703. The van der Waals surface area contributed by atoms with Crippen molar-refractivity contribution in [2.45, 2.75) is 20.4 Å². The zero-order valence-electron chi connectivity index (χ0n) is 17.2. The van der Waals surface area contributed by atoms with Gasteiger partial charge in [0.05, 0.1) is 18.6 Å². The molecule has 0 spiro atoms. The fraction of sp³-hybridized carbons (Fsp3) is 0.250. The van der Waals surface area contributed by atoms with Crippen LogP contribution in [0.25, 0.3) is 0 Å². The maximum atomic E-state index is 12.1. The number of nitro groups is 1. The average molecular weight is 433 g/mol. The maximum Gasteiger partial charge on any atom is 0.414 e. The molecule has 0 unspecified atom stereocenters. The fourth-order valence-corrected chi connectivity index (χ4v) is 2.33. The number of amides is 1. The second-order valence-electron chi connectivity index (χ2n) is 6.34. The van der Waals surface area contributed by atoms with Crippen LogP contribution in [0.3, 0.4) is 0 Å². The van der Waals surface area contributed by atoms with Gasteiger partial charge in [0.25, 0.3) is 0 Å². The Morgan fingerprint density at radius 2 is 1.65 bits per heavy atom. The van der Waals surface area contributed by atoms with Crippen molar-refractivity contribution in [2.75, 3.05) is 19.0 Å². The number of aryl methyl sites for hydroxylation is 2. The van der Waals surface area contributed by atoms with E-state index in [1.807, 2.05) is 31.2 Å². The molecule has 0 atom stereocenters. The van der Waals surface area contributed by atoms with Gasteiger partial charge in [-0.25, -0.2) is 9.59 Å². The van der Waals surface area contributed by atoms with Crippen molar-refractivity contribution in [1.29, 1.82) is 0 Å². The van der Waals surface area contributed by atoms with Crippen molar-refractivity contribution in [3.05, 3.63) is 63.2 Å². The predicted molar refractivity (Wildman–Crippen MR) is 111 cm³/mol. The molecule has 31 heavy (non-hydrogen) atoms. The molecular formula is C20H23N3O8. The first-order chi connectivity index (χ1) is 14.5. The van der Waals surface area contributed by atoms with Gasteiger partial charge in [0.1, 0.15) is 0 Å². The number of carbonyl (C=O) groups excluding carboxylic acids is 1. The van der Waals surface area contributed by atoms with E-state index in [2.05, 4.69) is 10.6 Å². The molecule has 11 heteroatoms. The first-order valence-electron chi connectivity index (χ1n) is 8.90. The molecule has 166 valence electrons. The van der Waals surface area contributed by atoms with E-state index in [0.717, 1.165) is 5.56 Å². The van der Waals surface area contributed by atoms with Crippen molar-refractivity contribution in [2.24, 2.45) is 0 Å². The molecule has 0 aliphatic rings. The van der Waals surface area contributed by atoms with Crippen molar-refractivity contribution in [3.63, 3.8) is 0 Å². The van der Waals surface area contributed by atoms with E-state index in [0.29, 0.717) is 17.8 Å². The van der Waals surface area contributed by atoms with Crippen LogP contribution in [-0.4, -0.2) is 46.6 Å². The minimum absolute atomic E-state index is 0.110. The number of carboxylic acid groups (broad SMARTS) is 2. The summed E-state index contributed by atoms with van der Waals surface area (Å²) in [6.45, 7) is 4.43. The zero-order valence-corrected chi connectivity index (χ0v) is 17.2. The average Bonchev–Trinajstić information content (AvgIpc) is 2.71. The van der Waals surface area contributed by atoms with Crippen molar-refractivity contribution in [3.8, 4) is 5.75 Å². The lowest BCUT2D eigenvalue weighted by atomic mass is 10.1. The summed E-state index contributed by atoms with van der Waals surface area (Å²) in [5, 5.41) is 31.6. The molecule has 0 aromatic heterocycles. The van der Waals surface area contributed by atoms with Crippen molar-refractivity contribution < 1.29 is 34.3 Å². The summed E-state index contributed by atoms with van der Waals surface area (Å²) in [6.07, 6.45) is 0. The van der Waals surface area contributed by atoms with Gasteiger partial charge in [0, 0.05) is 24.4 Å². The third-order valence-corrected chi connectivity index (χ3v) is 3.91. The number of carboxylic acids is 2. The van der Waals surface area contributed by atoms with Crippen LogP contribution in [0.1, 0.15) is 16.7 Å². The Hall–Kier alpha value is -3.99. The molecule has 2 aromatic rings. The molecule has 2 aromatic carbocycles. The maximum absolute atomic E-state index is 12.1. The molecule has 0 heterocycles. The summed E-state index contributed by atoms with van der Waals surface area (Å²) in [7, 11) is 1.35. The Kier molecular flexibility index (Phi) is 9.60. The lowest BCUT2D eigenvalue weighted by molar-refractivity contribution is -0.385. The quantitative estimate of drug-likeness (QED) is 0.290. The summed E-state index contributed by atoms with van der Waals surface area (Å²) in [5.41, 5.74) is 3.23. The molecule has 0 fully saturated rings. The first-order valence-corrected chi connectivity index (χ1v) is 8.90. The summed E-state index contributed by atoms with van der Waals surface area (Å²) >= 11 is 0. The number of anilines is 1. The molecule has 0 saturated heterocycles. The molecular weight excluding hydrogens is 410 g/mol. The highest BCUT2D eigenvalue weighted by Gasteiger charge is 2.18. The molecule has 4 N–H and O–H groups in total. The molecule has 0 aliphatic heterocycles. The molecule has 0 aliphatic carbocycles. The summed E-state index contributed by atoms with van der Waals surface area (Å²) in [4.78, 5) is 40.8. The summed E-state index contributed by atoms with van der Waals surface area (Å²) in [6, 6.07) is 10.9. The minimum atomic E-state index is -1.82. The second kappa shape index (κ2) is 11.9. The molecule has 0 radical (unpaired) electrons. The number of nitro benzene ring substituents is 1. The van der Waals surface area contributed by atoms with Gasteiger partial charge in [-0.05, 0) is 25.0 Å². The third kappa shape index (κ3) is 8.50. The zero-order chi connectivity index (χ0) is 23.6. The van der Waals surface area contributed by atoms with E-state index in [9.17, 15) is 14.9 Å². The van der Waals surface area contributed by atoms with Crippen LogP contribution in [0.2, 0.25) is 0 Å². The van der Waals surface area contributed by atoms with Gasteiger partial charge in [-0.15, -0.1) is 0 Å². The number of nitrogens with one attached hydrogen (secondary N) is 2. The van der Waals surface area contributed by atoms with Gasteiger partial charge in [0.2, 0.25) is 5.91 Å². The highest BCUT2D eigenvalue weighted by molar-refractivity contribution is 6.27. The van der Waals surface area contributed by atoms with Gasteiger partial charge in [-0.2, -0.15) is 0 Å². The normalized spacial score (nSPS) is 9.77. The lowest BCUT2D eigenvalue weighted by Crippen LogP contribution is -2.28. The van der Waals surface area contributed by atoms with Crippen LogP contribution in [-0.2, 0) is 20.9 Å². The molecule has 0 bridgehead atoms. The number of aliphatic carboxylic acids is 2. The van der Waals surface area contributed by atoms with Gasteiger partial charge < -0.3 is 25.6 Å². The van der Waals surface area contributed by atoms with E-state index in [1.165, 1.54) is 24.8 Å². The van der Waals surface area contributed by atoms with Crippen LogP contribution in [0.5, 0.6) is 5.75 Å². The molecule has 2 rings (SSSR count). The van der Waals surface area contributed by atoms with Gasteiger partial charge in [0.15, 0.2) is 5.75 Å². The first kappa shape index (κ1) is 25.0. The Morgan fingerprint density at radius 1 is 1.06 bits per heavy atom.